The molecule has 0 bridgehead atoms. The molecule has 0 saturated carbocycles. The summed E-state index contributed by atoms with van der Waals surface area (Å²) in [6, 6.07) is 2.64. The molecule has 130 valence electrons. The second kappa shape index (κ2) is 6.94. The number of aliphatic hydroxyl groups excluding tert-OH is 1. The number of rotatable bonds is 4. The van der Waals surface area contributed by atoms with Gasteiger partial charge in [-0.15, -0.1) is 0 Å². The van der Waals surface area contributed by atoms with Crippen molar-refractivity contribution >= 4 is 21.6 Å². The minimum atomic E-state index is -4.81. The predicted molar refractivity (Wildman–Crippen MR) is 78.7 cm³/mol. The van der Waals surface area contributed by atoms with Crippen LogP contribution in [0.4, 0.5) is 13.2 Å². The topological polar surface area (TPSA) is 60.9 Å². The normalized spacial score (nSPS) is 18.3. The Morgan fingerprint density at radius 2 is 1.78 bits per heavy atom. The monoisotopic (exact) mass is 372 g/mol. The Balaban J connectivity index is 2.31. The standard InChI is InChI=1S/C13H16ClF3N2O3S/c14-10-1-2-12(11(9-10)13(15,16)17)23(21,22)19-5-3-18(4-6-19)7-8-20/h1-2,9,20H,3-8H2. The van der Waals surface area contributed by atoms with Crippen LogP contribution in [0.25, 0.3) is 0 Å². The Labute approximate surface area is 137 Å². The van der Waals surface area contributed by atoms with Crippen molar-refractivity contribution in [1.29, 1.82) is 0 Å². The van der Waals surface area contributed by atoms with Crippen LogP contribution < -0.4 is 0 Å². The van der Waals surface area contributed by atoms with Gasteiger partial charge in [-0.3, -0.25) is 4.90 Å². The average Bonchev–Trinajstić information content (AvgIpc) is 2.47. The van der Waals surface area contributed by atoms with Crippen molar-refractivity contribution < 1.29 is 26.7 Å². The fourth-order valence-corrected chi connectivity index (χ4v) is 4.21. The molecule has 1 N–H and O–H groups in total. The molecule has 0 radical (unpaired) electrons. The number of halogens is 4. The van der Waals surface area contributed by atoms with Crippen LogP contribution in [-0.4, -0.2) is 62.1 Å². The summed E-state index contributed by atoms with van der Waals surface area (Å²) in [5, 5.41) is 8.69. The summed E-state index contributed by atoms with van der Waals surface area (Å²) in [4.78, 5) is 1.06. The van der Waals surface area contributed by atoms with Crippen LogP contribution in [0.2, 0.25) is 5.02 Å². The first kappa shape index (κ1) is 18.5. The molecule has 1 fully saturated rings. The lowest BCUT2D eigenvalue weighted by atomic mass is 10.2. The molecule has 10 heteroatoms. The van der Waals surface area contributed by atoms with Crippen molar-refractivity contribution in [2.45, 2.75) is 11.1 Å². The van der Waals surface area contributed by atoms with Crippen molar-refractivity contribution in [3.63, 3.8) is 0 Å². The fraction of sp³-hybridized carbons (Fsp3) is 0.538. The second-order valence-electron chi connectivity index (χ2n) is 5.11. The van der Waals surface area contributed by atoms with Crippen molar-refractivity contribution in [1.82, 2.24) is 9.21 Å². The molecular formula is C13H16ClF3N2O3S. The number of β-amino-alcohol motifs (C(OH)–C–C–N with tert-alkyl or cyclic N) is 1. The van der Waals surface area contributed by atoms with Crippen molar-refractivity contribution in [2.75, 3.05) is 39.3 Å². The van der Waals surface area contributed by atoms with Gasteiger partial charge in [-0.25, -0.2) is 8.42 Å². The van der Waals surface area contributed by atoms with Crippen LogP contribution >= 0.6 is 11.6 Å². The lowest BCUT2D eigenvalue weighted by Gasteiger charge is -2.34. The third-order valence-corrected chi connectivity index (χ3v) is 5.80. The molecule has 1 aliphatic heterocycles. The van der Waals surface area contributed by atoms with E-state index >= 15 is 0 Å². The first-order chi connectivity index (χ1) is 10.7. The lowest BCUT2D eigenvalue weighted by Crippen LogP contribution is -2.49. The molecule has 0 aliphatic carbocycles. The summed E-state index contributed by atoms with van der Waals surface area (Å²) in [7, 11) is -4.27. The number of hydrogen-bond donors (Lipinski definition) is 1. The molecule has 1 aliphatic rings. The number of nitrogens with zero attached hydrogens (tertiary/aromatic N) is 2. The Morgan fingerprint density at radius 1 is 1.17 bits per heavy atom. The largest absolute Gasteiger partial charge is 0.417 e. The SMILES string of the molecule is O=S(=O)(c1ccc(Cl)cc1C(F)(F)F)N1CCN(CCO)CC1. The minimum Gasteiger partial charge on any atom is -0.395 e. The summed E-state index contributed by atoms with van der Waals surface area (Å²) in [6.07, 6.45) is -4.81. The predicted octanol–water partition coefficient (Wildman–Crippen LogP) is 1.66. The van der Waals surface area contributed by atoms with E-state index < -0.39 is 26.7 Å². The van der Waals surface area contributed by atoms with Gasteiger partial charge in [0.25, 0.3) is 0 Å². The molecule has 0 aromatic heterocycles. The van der Waals surface area contributed by atoms with E-state index in [1.807, 2.05) is 4.90 Å². The zero-order valence-corrected chi connectivity index (χ0v) is 13.6. The maximum absolute atomic E-state index is 13.1. The van der Waals surface area contributed by atoms with Gasteiger partial charge in [-0.2, -0.15) is 17.5 Å². The number of alkyl halides is 3. The van der Waals surface area contributed by atoms with Crippen LogP contribution in [0.15, 0.2) is 23.1 Å². The van der Waals surface area contributed by atoms with E-state index in [-0.39, 0.29) is 24.7 Å². The van der Waals surface area contributed by atoms with Crippen molar-refractivity contribution in [2.24, 2.45) is 0 Å². The molecule has 0 spiro atoms. The summed E-state index contributed by atoms with van der Waals surface area (Å²) in [6.45, 7) is 1.21. The summed E-state index contributed by atoms with van der Waals surface area (Å²) >= 11 is 5.57. The third kappa shape index (κ3) is 4.16. The maximum atomic E-state index is 13.1. The highest BCUT2D eigenvalue weighted by molar-refractivity contribution is 7.89. The van der Waals surface area contributed by atoms with Gasteiger partial charge in [0.2, 0.25) is 10.0 Å². The van der Waals surface area contributed by atoms with E-state index in [0.717, 1.165) is 16.4 Å². The average molecular weight is 373 g/mol. The molecule has 1 aromatic rings. The van der Waals surface area contributed by atoms with Gasteiger partial charge in [0.15, 0.2) is 0 Å². The van der Waals surface area contributed by atoms with E-state index in [1.165, 1.54) is 0 Å². The van der Waals surface area contributed by atoms with Crippen LogP contribution in [0, 0.1) is 0 Å². The Hall–Kier alpha value is -0.870. The molecule has 2 rings (SSSR count). The molecule has 0 atom stereocenters. The molecule has 1 saturated heterocycles. The first-order valence-electron chi connectivity index (χ1n) is 6.86. The summed E-state index contributed by atoms with van der Waals surface area (Å²) in [5.74, 6) is 0. The Bertz CT molecular complexity index is 659. The Morgan fingerprint density at radius 3 is 2.30 bits per heavy atom. The fourth-order valence-electron chi connectivity index (χ4n) is 2.42. The molecule has 1 aromatic carbocycles. The van der Waals surface area contributed by atoms with E-state index in [0.29, 0.717) is 25.7 Å². The zero-order valence-electron chi connectivity index (χ0n) is 12.1. The zero-order chi connectivity index (χ0) is 17.3. The number of benzene rings is 1. The van der Waals surface area contributed by atoms with Crippen LogP contribution in [0.5, 0.6) is 0 Å². The third-order valence-electron chi connectivity index (χ3n) is 3.61. The molecule has 23 heavy (non-hydrogen) atoms. The second-order valence-corrected chi connectivity index (χ2v) is 7.45. The van der Waals surface area contributed by atoms with Gasteiger partial charge in [0.1, 0.15) is 0 Å². The summed E-state index contributed by atoms with van der Waals surface area (Å²) in [5.41, 5.74) is -1.26. The molecular weight excluding hydrogens is 357 g/mol. The van der Waals surface area contributed by atoms with Crippen LogP contribution in [-0.2, 0) is 16.2 Å². The van der Waals surface area contributed by atoms with Crippen LogP contribution in [0.1, 0.15) is 5.56 Å². The number of sulfonamides is 1. The highest BCUT2D eigenvalue weighted by Gasteiger charge is 2.39. The Kier molecular flexibility index (Phi) is 5.57. The van der Waals surface area contributed by atoms with Gasteiger partial charge >= 0.3 is 6.18 Å². The van der Waals surface area contributed by atoms with Crippen molar-refractivity contribution in [3.8, 4) is 0 Å². The lowest BCUT2D eigenvalue weighted by molar-refractivity contribution is -0.139. The molecule has 1 heterocycles. The minimum absolute atomic E-state index is 0.0534. The highest BCUT2D eigenvalue weighted by atomic mass is 35.5. The van der Waals surface area contributed by atoms with Gasteiger partial charge < -0.3 is 5.11 Å². The van der Waals surface area contributed by atoms with Crippen LogP contribution in [0.3, 0.4) is 0 Å². The highest BCUT2D eigenvalue weighted by Crippen LogP contribution is 2.37. The number of piperazine rings is 1. The summed E-state index contributed by atoms with van der Waals surface area (Å²) < 4.78 is 65.5. The molecule has 0 unspecified atom stereocenters. The molecule has 0 amide bonds. The number of aliphatic hydroxyl groups is 1. The smallest absolute Gasteiger partial charge is 0.395 e. The van der Waals surface area contributed by atoms with E-state index in [4.69, 9.17) is 16.7 Å². The van der Waals surface area contributed by atoms with E-state index in [9.17, 15) is 21.6 Å². The van der Waals surface area contributed by atoms with Gasteiger partial charge in [0, 0.05) is 37.7 Å². The van der Waals surface area contributed by atoms with Gasteiger partial charge in [-0.05, 0) is 18.2 Å². The number of hydrogen-bond acceptors (Lipinski definition) is 4. The quantitative estimate of drug-likeness (QED) is 0.873. The van der Waals surface area contributed by atoms with E-state index in [2.05, 4.69) is 0 Å². The van der Waals surface area contributed by atoms with Crippen molar-refractivity contribution in [3.05, 3.63) is 28.8 Å². The maximum Gasteiger partial charge on any atom is 0.417 e. The van der Waals surface area contributed by atoms with Gasteiger partial charge in [0.05, 0.1) is 17.1 Å². The first-order valence-corrected chi connectivity index (χ1v) is 8.68. The molecule has 5 nitrogen and oxygen atoms in total. The van der Waals surface area contributed by atoms with Gasteiger partial charge in [-0.1, -0.05) is 11.6 Å². The van der Waals surface area contributed by atoms with E-state index in [1.54, 1.807) is 0 Å².